The van der Waals surface area contributed by atoms with Crippen LogP contribution in [0.1, 0.15) is 17.9 Å². The molecule has 1 aliphatic carbocycles. The molecule has 0 aromatic heterocycles. The van der Waals surface area contributed by atoms with Crippen LogP contribution in [-0.4, -0.2) is 34.5 Å². The highest BCUT2D eigenvalue weighted by atomic mass is 32.2. The third-order valence-electron chi connectivity index (χ3n) is 2.87. The Bertz CT molecular complexity index is 495. The van der Waals surface area contributed by atoms with Crippen molar-refractivity contribution < 1.29 is 19.1 Å². The number of carboxylic acids is 1. The lowest BCUT2D eigenvalue weighted by Gasteiger charge is -2.04. The van der Waals surface area contributed by atoms with E-state index >= 15 is 0 Å². The smallest absolute Gasteiger partial charge is 0.313 e. The van der Waals surface area contributed by atoms with Crippen molar-refractivity contribution in [2.24, 2.45) is 0 Å². The van der Waals surface area contributed by atoms with Crippen LogP contribution in [0.4, 0.5) is 4.39 Å². The SMILES string of the molecule is O=C(O)CSCC(=O)N[C@@H]1C[C@H]1c1cccc(F)c1. The van der Waals surface area contributed by atoms with Crippen molar-refractivity contribution >= 4 is 23.6 Å². The molecule has 4 nitrogen and oxygen atoms in total. The van der Waals surface area contributed by atoms with Crippen molar-refractivity contribution in [3.8, 4) is 0 Å². The highest BCUT2D eigenvalue weighted by molar-refractivity contribution is 8.00. The fourth-order valence-electron chi connectivity index (χ4n) is 1.94. The number of thioether (sulfide) groups is 1. The van der Waals surface area contributed by atoms with Gasteiger partial charge in [0.05, 0.1) is 11.5 Å². The van der Waals surface area contributed by atoms with Gasteiger partial charge in [-0.25, -0.2) is 4.39 Å². The first-order valence-corrected chi connectivity index (χ1v) is 7.06. The van der Waals surface area contributed by atoms with Crippen molar-refractivity contribution in [2.75, 3.05) is 11.5 Å². The number of rotatable bonds is 6. The van der Waals surface area contributed by atoms with Crippen molar-refractivity contribution in [2.45, 2.75) is 18.4 Å². The topological polar surface area (TPSA) is 66.4 Å². The Kier molecular flexibility index (Phi) is 4.42. The monoisotopic (exact) mass is 283 g/mol. The maximum Gasteiger partial charge on any atom is 0.313 e. The van der Waals surface area contributed by atoms with E-state index in [0.29, 0.717) is 0 Å². The molecule has 1 aromatic carbocycles. The van der Waals surface area contributed by atoms with Gasteiger partial charge in [0, 0.05) is 12.0 Å². The fourth-order valence-corrected chi connectivity index (χ4v) is 2.49. The Balaban J connectivity index is 1.74. The van der Waals surface area contributed by atoms with Gasteiger partial charge in [-0.2, -0.15) is 0 Å². The van der Waals surface area contributed by atoms with Crippen molar-refractivity contribution in [3.05, 3.63) is 35.6 Å². The first-order chi connectivity index (χ1) is 9.06. The molecule has 1 aliphatic rings. The van der Waals surface area contributed by atoms with E-state index in [1.54, 1.807) is 6.07 Å². The van der Waals surface area contributed by atoms with Crippen LogP contribution in [-0.2, 0) is 9.59 Å². The van der Waals surface area contributed by atoms with Gasteiger partial charge in [0.2, 0.25) is 5.91 Å². The van der Waals surface area contributed by atoms with Gasteiger partial charge in [-0.3, -0.25) is 9.59 Å². The van der Waals surface area contributed by atoms with Crippen LogP contribution >= 0.6 is 11.8 Å². The number of hydrogen-bond acceptors (Lipinski definition) is 3. The van der Waals surface area contributed by atoms with Crippen LogP contribution in [0.2, 0.25) is 0 Å². The number of halogens is 1. The molecule has 0 saturated heterocycles. The Morgan fingerprint density at radius 3 is 2.89 bits per heavy atom. The largest absolute Gasteiger partial charge is 0.481 e. The number of carboxylic acid groups (broad SMARTS) is 1. The minimum Gasteiger partial charge on any atom is -0.481 e. The summed E-state index contributed by atoms with van der Waals surface area (Å²) >= 11 is 1.07. The second-order valence-corrected chi connectivity index (χ2v) is 5.44. The van der Waals surface area contributed by atoms with Crippen LogP contribution in [0, 0.1) is 5.82 Å². The lowest BCUT2D eigenvalue weighted by Crippen LogP contribution is -2.28. The van der Waals surface area contributed by atoms with Gasteiger partial charge in [-0.05, 0) is 24.1 Å². The van der Waals surface area contributed by atoms with Crippen molar-refractivity contribution in [1.29, 1.82) is 0 Å². The molecule has 2 rings (SSSR count). The number of amides is 1. The number of hydrogen-bond donors (Lipinski definition) is 2. The van der Waals surface area contributed by atoms with Crippen molar-refractivity contribution in [3.63, 3.8) is 0 Å². The molecule has 2 atom stereocenters. The van der Waals surface area contributed by atoms with Crippen LogP contribution in [0.3, 0.4) is 0 Å². The second-order valence-electron chi connectivity index (χ2n) is 4.46. The van der Waals surface area contributed by atoms with Gasteiger partial charge < -0.3 is 10.4 Å². The summed E-state index contributed by atoms with van der Waals surface area (Å²) in [5.41, 5.74) is 0.892. The molecule has 6 heteroatoms. The molecule has 0 aliphatic heterocycles. The van der Waals surface area contributed by atoms with E-state index in [-0.39, 0.29) is 35.2 Å². The molecule has 0 spiro atoms. The van der Waals surface area contributed by atoms with E-state index in [1.165, 1.54) is 12.1 Å². The third-order valence-corrected chi connectivity index (χ3v) is 3.79. The first-order valence-electron chi connectivity index (χ1n) is 5.90. The average molecular weight is 283 g/mol. The van der Waals surface area contributed by atoms with Crippen LogP contribution in [0.25, 0.3) is 0 Å². The lowest BCUT2D eigenvalue weighted by atomic mass is 10.1. The normalized spacial score (nSPS) is 20.9. The summed E-state index contributed by atoms with van der Waals surface area (Å²) in [7, 11) is 0. The molecule has 0 unspecified atom stereocenters. The summed E-state index contributed by atoms with van der Waals surface area (Å²) in [4.78, 5) is 21.8. The van der Waals surface area contributed by atoms with E-state index in [4.69, 9.17) is 5.11 Å². The summed E-state index contributed by atoms with van der Waals surface area (Å²) in [6, 6.07) is 6.42. The van der Waals surface area contributed by atoms with Crippen LogP contribution in [0.5, 0.6) is 0 Å². The van der Waals surface area contributed by atoms with E-state index in [2.05, 4.69) is 5.32 Å². The quantitative estimate of drug-likeness (QED) is 0.832. The zero-order valence-corrected chi connectivity index (χ0v) is 11.0. The Hall–Kier alpha value is -1.56. The minimum atomic E-state index is -0.929. The molecule has 0 bridgehead atoms. The van der Waals surface area contributed by atoms with Crippen LogP contribution in [0.15, 0.2) is 24.3 Å². The Labute approximate surface area is 114 Å². The zero-order valence-electron chi connectivity index (χ0n) is 10.1. The molecule has 1 amide bonds. The average Bonchev–Trinajstić information content (AvgIpc) is 3.07. The molecule has 1 fully saturated rings. The maximum absolute atomic E-state index is 13.0. The first kappa shape index (κ1) is 13.9. The Morgan fingerprint density at radius 1 is 1.42 bits per heavy atom. The predicted molar refractivity (Wildman–Crippen MR) is 70.6 cm³/mol. The van der Waals surface area contributed by atoms with Gasteiger partial charge in [-0.15, -0.1) is 11.8 Å². The van der Waals surface area contributed by atoms with Gasteiger partial charge in [0.25, 0.3) is 0 Å². The number of aliphatic carboxylic acids is 1. The molecule has 0 heterocycles. The highest BCUT2D eigenvalue weighted by Crippen LogP contribution is 2.40. The molecule has 19 heavy (non-hydrogen) atoms. The van der Waals surface area contributed by atoms with Gasteiger partial charge in [-0.1, -0.05) is 12.1 Å². The number of carbonyl (C=O) groups excluding carboxylic acids is 1. The van der Waals surface area contributed by atoms with Gasteiger partial charge >= 0.3 is 5.97 Å². The predicted octanol–water partition coefficient (Wildman–Crippen LogP) is 1.62. The van der Waals surface area contributed by atoms with Crippen molar-refractivity contribution in [1.82, 2.24) is 5.32 Å². The van der Waals surface area contributed by atoms with E-state index in [9.17, 15) is 14.0 Å². The standard InChI is InChI=1S/C13H14FNO3S/c14-9-3-1-2-8(4-9)10-5-11(10)15-12(16)6-19-7-13(17)18/h1-4,10-11H,5-7H2,(H,15,16)(H,17,18)/t10-,11+/m0/s1. The number of carbonyl (C=O) groups is 2. The summed E-state index contributed by atoms with van der Waals surface area (Å²) in [5, 5.41) is 11.3. The molecular formula is C13H14FNO3S. The van der Waals surface area contributed by atoms with E-state index in [0.717, 1.165) is 23.7 Å². The molecule has 1 aromatic rings. The minimum absolute atomic E-state index is 0.0414. The highest BCUT2D eigenvalue weighted by Gasteiger charge is 2.39. The molecular weight excluding hydrogens is 269 g/mol. The number of nitrogens with one attached hydrogen (secondary N) is 1. The second kappa shape index (κ2) is 6.06. The lowest BCUT2D eigenvalue weighted by molar-refractivity contribution is -0.133. The van der Waals surface area contributed by atoms with Crippen LogP contribution < -0.4 is 5.32 Å². The summed E-state index contributed by atoms with van der Waals surface area (Å²) in [5.74, 6) is -1.14. The van der Waals surface area contributed by atoms with Gasteiger partial charge in [0.1, 0.15) is 5.82 Å². The van der Waals surface area contributed by atoms with E-state index in [1.807, 2.05) is 6.07 Å². The molecule has 102 valence electrons. The Morgan fingerprint density at radius 2 is 2.21 bits per heavy atom. The third kappa shape index (κ3) is 4.24. The molecule has 1 saturated carbocycles. The van der Waals surface area contributed by atoms with Gasteiger partial charge in [0.15, 0.2) is 0 Å². The summed E-state index contributed by atoms with van der Waals surface area (Å²) in [6.07, 6.45) is 0.804. The summed E-state index contributed by atoms with van der Waals surface area (Å²) in [6.45, 7) is 0. The molecule has 2 N–H and O–H groups in total. The maximum atomic E-state index is 13.0. The fraction of sp³-hybridized carbons (Fsp3) is 0.385. The molecule has 0 radical (unpaired) electrons. The zero-order chi connectivity index (χ0) is 13.8. The van der Waals surface area contributed by atoms with E-state index < -0.39 is 5.97 Å². The summed E-state index contributed by atoms with van der Waals surface area (Å²) < 4.78 is 13.0. The number of benzene rings is 1.